The number of rotatable bonds is 5. The van der Waals surface area contributed by atoms with Crippen LogP contribution in [0, 0.1) is 0 Å². The van der Waals surface area contributed by atoms with Gasteiger partial charge in [-0.1, -0.05) is 29.3 Å². The molecule has 4 heteroatoms. The molecular weight excluding hydrogens is 247 g/mol. The molecule has 1 aromatic rings. The number of carbonyl (C=O) groups excluding carboxylic acids is 1. The zero-order valence-corrected chi connectivity index (χ0v) is 10.9. The third kappa shape index (κ3) is 3.39. The number of Topliss-reactive ketones (excluding diaryl/α,β-unsaturated/α-hetero) is 1. The minimum Gasteiger partial charge on any atom is -0.492 e. The molecule has 1 rings (SSSR count). The highest BCUT2D eigenvalue weighted by atomic mass is 35.5. The number of benzene rings is 1. The number of aryl methyl sites for hydroxylation is 1. The summed E-state index contributed by atoms with van der Waals surface area (Å²) in [6.07, 6.45) is 1.09. The van der Waals surface area contributed by atoms with E-state index >= 15 is 0 Å². The van der Waals surface area contributed by atoms with E-state index in [9.17, 15) is 4.79 Å². The summed E-state index contributed by atoms with van der Waals surface area (Å²) in [4.78, 5) is 10.9. The Bertz CT molecular complexity index is 389. The Morgan fingerprint density at radius 1 is 1.31 bits per heavy atom. The summed E-state index contributed by atoms with van der Waals surface area (Å²) in [5.74, 6) is 0.724. The van der Waals surface area contributed by atoms with Crippen molar-refractivity contribution in [2.24, 2.45) is 0 Å². The zero-order chi connectivity index (χ0) is 12.1. The molecule has 16 heavy (non-hydrogen) atoms. The van der Waals surface area contributed by atoms with Gasteiger partial charge in [0.05, 0.1) is 11.6 Å². The maximum Gasteiger partial charge on any atom is 0.139 e. The summed E-state index contributed by atoms with van der Waals surface area (Å²) in [6.45, 7) is 3.99. The van der Waals surface area contributed by atoms with E-state index in [0.717, 1.165) is 5.56 Å². The van der Waals surface area contributed by atoms with Gasteiger partial charge in [-0.2, -0.15) is 0 Å². The van der Waals surface area contributed by atoms with Crippen LogP contribution >= 0.6 is 23.2 Å². The second kappa shape index (κ2) is 6.12. The molecule has 0 fully saturated rings. The first-order valence-corrected chi connectivity index (χ1v) is 5.91. The van der Waals surface area contributed by atoms with Gasteiger partial charge < -0.3 is 9.53 Å². The van der Waals surface area contributed by atoms with E-state index in [2.05, 4.69) is 0 Å². The van der Waals surface area contributed by atoms with Crippen molar-refractivity contribution in [1.82, 2.24) is 0 Å². The SMILES string of the molecule is CCOc1ccc(CCC(C)=O)c(Cl)c1Cl. The highest BCUT2D eigenvalue weighted by Gasteiger charge is 2.11. The number of halogens is 2. The third-order valence-corrected chi connectivity index (χ3v) is 3.08. The van der Waals surface area contributed by atoms with Crippen LogP contribution in [0.3, 0.4) is 0 Å². The van der Waals surface area contributed by atoms with Crippen molar-refractivity contribution in [2.75, 3.05) is 6.61 Å². The van der Waals surface area contributed by atoms with E-state index in [1.807, 2.05) is 13.0 Å². The maximum absolute atomic E-state index is 10.9. The van der Waals surface area contributed by atoms with Crippen LogP contribution in [0.15, 0.2) is 12.1 Å². The Balaban J connectivity index is 2.88. The normalized spacial score (nSPS) is 10.2. The van der Waals surface area contributed by atoms with Crippen molar-refractivity contribution in [1.29, 1.82) is 0 Å². The van der Waals surface area contributed by atoms with Crippen LogP contribution < -0.4 is 4.74 Å². The summed E-state index contributed by atoms with van der Waals surface area (Å²) < 4.78 is 5.31. The number of hydrogen-bond acceptors (Lipinski definition) is 2. The molecule has 0 unspecified atom stereocenters. The fourth-order valence-electron chi connectivity index (χ4n) is 1.34. The molecule has 2 nitrogen and oxygen atoms in total. The van der Waals surface area contributed by atoms with Gasteiger partial charge in [-0.3, -0.25) is 0 Å². The molecule has 0 heterocycles. The van der Waals surface area contributed by atoms with E-state index < -0.39 is 0 Å². The van der Waals surface area contributed by atoms with Gasteiger partial charge in [-0.25, -0.2) is 0 Å². The summed E-state index contributed by atoms with van der Waals surface area (Å²) in [5.41, 5.74) is 0.880. The lowest BCUT2D eigenvalue weighted by Gasteiger charge is -2.10. The van der Waals surface area contributed by atoms with Gasteiger partial charge in [-0.05, 0) is 31.9 Å². The zero-order valence-electron chi connectivity index (χ0n) is 9.35. The topological polar surface area (TPSA) is 26.3 Å². The average Bonchev–Trinajstić information content (AvgIpc) is 2.24. The molecule has 1 aromatic carbocycles. The molecular formula is C12H14Cl2O2. The molecule has 0 aliphatic heterocycles. The Morgan fingerprint density at radius 3 is 2.56 bits per heavy atom. The smallest absolute Gasteiger partial charge is 0.139 e. The Labute approximate surface area is 106 Å². The average molecular weight is 261 g/mol. The number of carbonyl (C=O) groups is 1. The number of ether oxygens (including phenoxy) is 1. The second-order valence-electron chi connectivity index (χ2n) is 3.49. The van der Waals surface area contributed by atoms with Crippen molar-refractivity contribution < 1.29 is 9.53 Å². The molecule has 0 N–H and O–H groups in total. The van der Waals surface area contributed by atoms with Crippen LogP contribution in [-0.2, 0) is 11.2 Å². The first-order valence-electron chi connectivity index (χ1n) is 5.15. The van der Waals surface area contributed by atoms with Crippen LogP contribution in [0.2, 0.25) is 10.0 Å². The van der Waals surface area contributed by atoms with Gasteiger partial charge >= 0.3 is 0 Å². The van der Waals surface area contributed by atoms with Gasteiger partial charge in [0.2, 0.25) is 0 Å². The minimum atomic E-state index is 0.140. The predicted octanol–water partition coefficient (Wildman–Crippen LogP) is 3.91. The third-order valence-electron chi connectivity index (χ3n) is 2.17. The van der Waals surface area contributed by atoms with Crippen LogP contribution in [0.25, 0.3) is 0 Å². The largest absolute Gasteiger partial charge is 0.492 e. The van der Waals surface area contributed by atoms with Crippen molar-refractivity contribution in [3.63, 3.8) is 0 Å². The van der Waals surface area contributed by atoms with E-state index in [-0.39, 0.29) is 5.78 Å². The summed E-state index contributed by atoms with van der Waals surface area (Å²) >= 11 is 12.1. The van der Waals surface area contributed by atoms with Crippen molar-refractivity contribution in [3.8, 4) is 5.75 Å². The number of ketones is 1. The molecule has 0 bridgehead atoms. The monoisotopic (exact) mass is 260 g/mol. The maximum atomic E-state index is 10.9. The van der Waals surface area contributed by atoms with Gasteiger partial charge in [0.15, 0.2) is 0 Å². The molecule has 0 saturated heterocycles. The Hall–Kier alpha value is -0.730. The fourth-order valence-corrected chi connectivity index (χ4v) is 1.83. The lowest BCUT2D eigenvalue weighted by Crippen LogP contribution is -1.97. The van der Waals surface area contributed by atoms with E-state index in [1.165, 1.54) is 0 Å². The van der Waals surface area contributed by atoms with E-state index in [0.29, 0.717) is 35.2 Å². The van der Waals surface area contributed by atoms with Gasteiger partial charge in [0.1, 0.15) is 16.6 Å². The Morgan fingerprint density at radius 2 is 2.00 bits per heavy atom. The molecule has 0 atom stereocenters. The van der Waals surface area contributed by atoms with Gasteiger partial charge in [-0.15, -0.1) is 0 Å². The summed E-state index contributed by atoms with van der Waals surface area (Å²) in [5, 5.41) is 0.901. The Kier molecular flexibility index (Phi) is 5.10. The predicted molar refractivity (Wildman–Crippen MR) is 66.6 cm³/mol. The van der Waals surface area contributed by atoms with Crippen LogP contribution in [0.5, 0.6) is 5.75 Å². The molecule has 0 radical (unpaired) electrons. The van der Waals surface area contributed by atoms with Crippen molar-refractivity contribution in [3.05, 3.63) is 27.7 Å². The molecule has 0 aliphatic rings. The molecule has 0 aromatic heterocycles. The van der Waals surface area contributed by atoms with Crippen LogP contribution in [0.4, 0.5) is 0 Å². The van der Waals surface area contributed by atoms with Gasteiger partial charge in [0.25, 0.3) is 0 Å². The molecule has 88 valence electrons. The van der Waals surface area contributed by atoms with Crippen LogP contribution in [0.1, 0.15) is 25.8 Å². The lowest BCUT2D eigenvalue weighted by molar-refractivity contribution is -0.116. The first kappa shape index (κ1) is 13.3. The standard InChI is InChI=1S/C12H14Cl2O2/c1-3-16-10-7-6-9(5-4-8(2)15)11(13)12(10)14/h6-7H,3-5H2,1-2H3. The summed E-state index contributed by atoms with van der Waals surface area (Å²) in [7, 11) is 0. The highest BCUT2D eigenvalue weighted by molar-refractivity contribution is 6.43. The number of hydrogen-bond donors (Lipinski definition) is 0. The molecule has 0 spiro atoms. The molecule has 0 aliphatic carbocycles. The quantitative estimate of drug-likeness (QED) is 0.803. The van der Waals surface area contributed by atoms with Crippen LogP contribution in [-0.4, -0.2) is 12.4 Å². The highest BCUT2D eigenvalue weighted by Crippen LogP contribution is 2.35. The van der Waals surface area contributed by atoms with Crippen molar-refractivity contribution in [2.45, 2.75) is 26.7 Å². The fraction of sp³-hybridized carbons (Fsp3) is 0.417. The van der Waals surface area contributed by atoms with E-state index in [1.54, 1.807) is 13.0 Å². The lowest BCUT2D eigenvalue weighted by atomic mass is 10.1. The molecule has 0 amide bonds. The second-order valence-corrected chi connectivity index (χ2v) is 4.24. The van der Waals surface area contributed by atoms with Gasteiger partial charge in [0, 0.05) is 6.42 Å². The molecule has 0 saturated carbocycles. The minimum absolute atomic E-state index is 0.140. The first-order chi connectivity index (χ1) is 7.56. The van der Waals surface area contributed by atoms with Crippen molar-refractivity contribution >= 4 is 29.0 Å². The summed E-state index contributed by atoms with van der Waals surface area (Å²) in [6, 6.07) is 3.63. The van der Waals surface area contributed by atoms with E-state index in [4.69, 9.17) is 27.9 Å².